The number of hydrogen-bond acceptors (Lipinski definition) is 5. The molecule has 0 aliphatic carbocycles. The summed E-state index contributed by atoms with van der Waals surface area (Å²) in [5, 5.41) is 0. The maximum Gasteiger partial charge on any atom is 0.335 e. The van der Waals surface area contributed by atoms with Gasteiger partial charge in [0.2, 0.25) is 0 Å². The van der Waals surface area contributed by atoms with Gasteiger partial charge in [-0.1, -0.05) is 0 Å². The van der Waals surface area contributed by atoms with Crippen molar-refractivity contribution in [2.24, 2.45) is 0 Å². The van der Waals surface area contributed by atoms with Crippen LogP contribution in [0.1, 0.15) is 26.7 Å². The first-order valence-electron chi connectivity index (χ1n) is 5.09. The monoisotopic (exact) mass is 216 g/mol. The van der Waals surface area contributed by atoms with Crippen molar-refractivity contribution in [3.63, 3.8) is 0 Å². The zero-order valence-electron chi connectivity index (χ0n) is 9.02. The van der Waals surface area contributed by atoms with Crippen molar-refractivity contribution in [2.75, 3.05) is 13.2 Å². The molecule has 86 valence electrons. The van der Waals surface area contributed by atoms with Crippen LogP contribution in [-0.4, -0.2) is 37.4 Å². The summed E-state index contributed by atoms with van der Waals surface area (Å²) in [6, 6.07) is 0. The number of ether oxygens (including phenoxy) is 3. The fraction of sp³-hybridized carbons (Fsp3) is 0.800. The summed E-state index contributed by atoms with van der Waals surface area (Å²) >= 11 is 0. The lowest BCUT2D eigenvalue weighted by Crippen LogP contribution is -2.37. The molecule has 1 aliphatic heterocycles. The summed E-state index contributed by atoms with van der Waals surface area (Å²) in [6.45, 7) is 3.84. The normalized spacial score (nSPS) is 25.7. The van der Waals surface area contributed by atoms with Gasteiger partial charge in [0, 0.05) is 19.8 Å². The van der Waals surface area contributed by atoms with E-state index in [9.17, 15) is 9.59 Å². The summed E-state index contributed by atoms with van der Waals surface area (Å²) in [5.74, 6) is -0.709. The van der Waals surface area contributed by atoms with Crippen molar-refractivity contribution in [3.05, 3.63) is 0 Å². The molecule has 0 aromatic heterocycles. The number of carbonyl (C=O) groups excluding carboxylic acids is 2. The second-order valence-electron chi connectivity index (χ2n) is 3.37. The molecule has 0 bridgehead atoms. The predicted octanol–water partition coefficient (Wildman–Crippen LogP) is 0.660. The minimum absolute atomic E-state index is 0.231. The molecule has 2 atom stereocenters. The molecule has 0 amide bonds. The molecule has 0 unspecified atom stereocenters. The Morgan fingerprint density at radius 1 is 1.47 bits per heavy atom. The average Bonchev–Trinajstić information content (AvgIpc) is 2.17. The summed E-state index contributed by atoms with van der Waals surface area (Å²) in [6.07, 6.45) is 0.196. The van der Waals surface area contributed by atoms with Crippen molar-refractivity contribution in [2.45, 2.75) is 38.9 Å². The van der Waals surface area contributed by atoms with Crippen LogP contribution in [0.3, 0.4) is 0 Å². The smallest absolute Gasteiger partial charge is 0.335 e. The van der Waals surface area contributed by atoms with Crippen LogP contribution >= 0.6 is 0 Å². The van der Waals surface area contributed by atoms with Gasteiger partial charge < -0.3 is 14.2 Å². The lowest BCUT2D eigenvalue weighted by Gasteiger charge is -2.27. The van der Waals surface area contributed by atoms with E-state index in [4.69, 9.17) is 14.2 Å². The minimum atomic E-state index is -0.594. The zero-order valence-corrected chi connectivity index (χ0v) is 9.02. The summed E-state index contributed by atoms with van der Waals surface area (Å²) in [7, 11) is 0. The molecule has 0 N–H and O–H groups in total. The molecule has 1 heterocycles. The first-order valence-corrected chi connectivity index (χ1v) is 5.09. The molecule has 5 heteroatoms. The molecular weight excluding hydrogens is 200 g/mol. The maximum atomic E-state index is 11.3. The van der Waals surface area contributed by atoms with E-state index < -0.39 is 6.10 Å². The standard InChI is InChI=1S/C10H16O5/c1-3-13-10(12)9-6-8(4-5-14-9)15-7(2)11/h8-9H,3-6H2,1-2H3/t8-,9+/m1/s1. The van der Waals surface area contributed by atoms with Gasteiger partial charge in [-0.3, -0.25) is 4.79 Å². The highest BCUT2D eigenvalue weighted by atomic mass is 16.6. The van der Waals surface area contributed by atoms with E-state index >= 15 is 0 Å². The Labute approximate surface area is 88.7 Å². The highest BCUT2D eigenvalue weighted by Gasteiger charge is 2.30. The first kappa shape index (κ1) is 12.0. The maximum absolute atomic E-state index is 11.3. The largest absolute Gasteiger partial charge is 0.464 e. The highest BCUT2D eigenvalue weighted by Crippen LogP contribution is 2.18. The van der Waals surface area contributed by atoms with Gasteiger partial charge >= 0.3 is 11.9 Å². The Hall–Kier alpha value is -1.10. The molecule has 1 aliphatic rings. The van der Waals surface area contributed by atoms with Gasteiger partial charge in [0.05, 0.1) is 13.2 Å². The first-order chi connectivity index (χ1) is 7.13. The molecule has 1 fully saturated rings. The Morgan fingerprint density at radius 2 is 2.20 bits per heavy atom. The Balaban J connectivity index is 2.41. The fourth-order valence-electron chi connectivity index (χ4n) is 1.51. The molecule has 5 nitrogen and oxygen atoms in total. The van der Waals surface area contributed by atoms with Crippen LogP contribution in [0, 0.1) is 0 Å². The van der Waals surface area contributed by atoms with Crippen LogP contribution in [0.4, 0.5) is 0 Å². The van der Waals surface area contributed by atoms with E-state index in [1.54, 1.807) is 6.92 Å². The van der Waals surface area contributed by atoms with Gasteiger partial charge in [-0.15, -0.1) is 0 Å². The molecule has 0 aromatic carbocycles. The van der Waals surface area contributed by atoms with Crippen LogP contribution in [0.25, 0.3) is 0 Å². The number of carbonyl (C=O) groups is 2. The molecule has 1 rings (SSSR count). The number of hydrogen-bond donors (Lipinski definition) is 0. The van der Waals surface area contributed by atoms with Crippen LogP contribution in [-0.2, 0) is 23.8 Å². The number of esters is 2. The fourth-order valence-corrected chi connectivity index (χ4v) is 1.51. The second kappa shape index (κ2) is 5.70. The van der Waals surface area contributed by atoms with Gasteiger partial charge in [-0.05, 0) is 6.92 Å². The van der Waals surface area contributed by atoms with E-state index in [0.29, 0.717) is 26.1 Å². The van der Waals surface area contributed by atoms with Crippen molar-refractivity contribution in [3.8, 4) is 0 Å². The summed E-state index contributed by atoms with van der Waals surface area (Å²) in [5.41, 5.74) is 0. The second-order valence-corrected chi connectivity index (χ2v) is 3.37. The van der Waals surface area contributed by atoms with E-state index in [2.05, 4.69) is 0 Å². The SMILES string of the molecule is CCOC(=O)[C@@H]1C[C@H](OC(C)=O)CCO1. The van der Waals surface area contributed by atoms with Crippen LogP contribution < -0.4 is 0 Å². The van der Waals surface area contributed by atoms with Gasteiger partial charge in [-0.25, -0.2) is 4.79 Å². The zero-order chi connectivity index (χ0) is 11.3. The van der Waals surface area contributed by atoms with Crippen molar-refractivity contribution in [1.82, 2.24) is 0 Å². The molecule has 1 saturated heterocycles. The molecule has 0 saturated carbocycles. The minimum Gasteiger partial charge on any atom is -0.464 e. The van der Waals surface area contributed by atoms with Crippen molar-refractivity contribution < 1.29 is 23.8 Å². The third-order valence-corrected chi connectivity index (χ3v) is 2.12. The van der Waals surface area contributed by atoms with Gasteiger partial charge in [0.25, 0.3) is 0 Å². The van der Waals surface area contributed by atoms with Crippen molar-refractivity contribution in [1.29, 1.82) is 0 Å². The number of rotatable bonds is 3. The Kier molecular flexibility index (Phi) is 4.55. The lowest BCUT2D eigenvalue weighted by atomic mass is 10.1. The quantitative estimate of drug-likeness (QED) is 0.648. The van der Waals surface area contributed by atoms with E-state index in [1.807, 2.05) is 0 Å². The Bertz CT molecular complexity index is 238. The van der Waals surface area contributed by atoms with Gasteiger partial charge in [-0.2, -0.15) is 0 Å². The molecule has 0 aromatic rings. The molecular formula is C10H16O5. The Morgan fingerprint density at radius 3 is 2.80 bits per heavy atom. The summed E-state index contributed by atoms with van der Waals surface area (Å²) < 4.78 is 15.1. The third kappa shape index (κ3) is 3.87. The topological polar surface area (TPSA) is 61.8 Å². The van der Waals surface area contributed by atoms with Gasteiger partial charge in [0.1, 0.15) is 6.10 Å². The molecule has 0 radical (unpaired) electrons. The van der Waals surface area contributed by atoms with Crippen LogP contribution in [0.15, 0.2) is 0 Å². The lowest BCUT2D eigenvalue weighted by molar-refractivity contribution is -0.170. The van der Waals surface area contributed by atoms with Crippen molar-refractivity contribution >= 4 is 11.9 Å². The molecule has 15 heavy (non-hydrogen) atoms. The highest BCUT2D eigenvalue weighted by molar-refractivity contribution is 5.75. The molecule has 0 spiro atoms. The van der Waals surface area contributed by atoms with E-state index in [1.165, 1.54) is 6.92 Å². The van der Waals surface area contributed by atoms with E-state index in [-0.39, 0.29) is 18.0 Å². The van der Waals surface area contributed by atoms with Gasteiger partial charge in [0.15, 0.2) is 6.10 Å². The predicted molar refractivity (Wildman–Crippen MR) is 51.2 cm³/mol. The third-order valence-electron chi connectivity index (χ3n) is 2.12. The van der Waals surface area contributed by atoms with E-state index in [0.717, 1.165) is 0 Å². The van der Waals surface area contributed by atoms with Crippen LogP contribution in [0.2, 0.25) is 0 Å². The van der Waals surface area contributed by atoms with Crippen LogP contribution in [0.5, 0.6) is 0 Å². The summed E-state index contributed by atoms with van der Waals surface area (Å²) in [4.78, 5) is 22.1. The average molecular weight is 216 g/mol.